The number of carboxylic acids is 1. The summed E-state index contributed by atoms with van der Waals surface area (Å²) in [7, 11) is 0. The molecule has 1 aromatic heterocycles. The Labute approximate surface area is 135 Å². The van der Waals surface area contributed by atoms with Crippen LogP contribution in [0, 0.1) is 0 Å². The molecule has 2 rings (SSSR count). The van der Waals surface area contributed by atoms with Crippen molar-refractivity contribution in [3.05, 3.63) is 52.0 Å². The van der Waals surface area contributed by atoms with Gasteiger partial charge in [0.25, 0.3) is 0 Å². The second-order valence-corrected chi connectivity index (χ2v) is 6.55. The Kier molecular flexibility index (Phi) is 6.10. The molecule has 0 aliphatic rings. The fourth-order valence-electron chi connectivity index (χ4n) is 2.24. The van der Waals surface area contributed by atoms with Gasteiger partial charge in [-0.3, -0.25) is 9.69 Å². The third kappa shape index (κ3) is 5.24. The van der Waals surface area contributed by atoms with Crippen molar-refractivity contribution >= 4 is 17.3 Å². The van der Waals surface area contributed by atoms with Crippen molar-refractivity contribution in [3.63, 3.8) is 0 Å². The van der Waals surface area contributed by atoms with E-state index >= 15 is 0 Å². The molecule has 0 bridgehead atoms. The quantitative estimate of drug-likeness (QED) is 0.812. The van der Waals surface area contributed by atoms with Gasteiger partial charge in [0.15, 0.2) is 0 Å². The van der Waals surface area contributed by atoms with Crippen molar-refractivity contribution < 1.29 is 9.90 Å². The fourth-order valence-corrected chi connectivity index (χ4v) is 3.02. The first-order valence-electron chi connectivity index (χ1n) is 7.47. The highest BCUT2D eigenvalue weighted by molar-refractivity contribution is 7.09. The number of nitrogens with zero attached hydrogens (tertiary/aromatic N) is 2. The van der Waals surface area contributed by atoms with Crippen molar-refractivity contribution in [1.82, 2.24) is 9.88 Å². The van der Waals surface area contributed by atoms with Gasteiger partial charge >= 0.3 is 5.97 Å². The third-order valence-electron chi connectivity index (χ3n) is 3.50. The third-order valence-corrected chi connectivity index (χ3v) is 4.46. The van der Waals surface area contributed by atoms with Crippen LogP contribution < -0.4 is 0 Å². The molecule has 1 N–H and O–H groups in total. The summed E-state index contributed by atoms with van der Waals surface area (Å²) in [6.07, 6.45) is 1.91. The van der Waals surface area contributed by atoms with E-state index in [1.54, 1.807) is 11.3 Å². The first-order chi connectivity index (χ1) is 10.5. The van der Waals surface area contributed by atoms with E-state index in [4.69, 9.17) is 5.11 Å². The van der Waals surface area contributed by atoms with Gasteiger partial charge in [-0.05, 0) is 25.8 Å². The number of hydrogen-bond donors (Lipinski definition) is 1. The molecule has 2 aromatic rings. The van der Waals surface area contributed by atoms with E-state index in [1.165, 1.54) is 5.56 Å². The SMILES string of the molecule is CC(C)N(CC(=O)O)Cc1csc(CCc2ccccc2)n1. The maximum Gasteiger partial charge on any atom is 0.317 e. The summed E-state index contributed by atoms with van der Waals surface area (Å²) >= 11 is 1.66. The predicted octanol–water partition coefficient (Wildman–Crippen LogP) is 3.22. The number of aliphatic carboxylic acids is 1. The summed E-state index contributed by atoms with van der Waals surface area (Å²) in [5.41, 5.74) is 2.27. The number of aryl methyl sites for hydroxylation is 2. The van der Waals surface area contributed by atoms with Gasteiger partial charge in [0.1, 0.15) is 0 Å². The fraction of sp³-hybridized carbons (Fsp3) is 0.412. The summed E-state index contributed by atoms with van der Waals surface area (Å²) in [4.78, 5) is 17.5. The van der Waals surface area contributed by atoms with E-state index in [2.05, 4.69) is 29.2 Å². The largest absolute Gasteiger partial charge is 0.480 e. The molecule has 0 unspecified atom stereocenters. The lowest BCUT2D eigenvalue weighted by Crippen LogP contribution is -2.35. The Hall–Kier alpha value is -1.72. The first kappa shape index (κ1) is 16.6. The second kappa shape index (κ2) is 8.06. The Morgan fingerprint density at radius 3 is 2.64 bits per heavy atom. The zero-order chi connectivity index (χ0) is 15.9. The average molecular weight is 318 g/mol. The molecule has 0 saturated heterocycles. The van der Waals surface area contributed by atoms with Gasteiger partial charge in [0.05, 0.1) is 17.2 Å². The summed E-state index contributed by atoms with van der Waals surface area (Å²) in [5.74, 6) is -0.798. The van der Waals surface area contributed by atoms with E-state index in [-0.39, 0.29) is 12.6 Å². The molecule has 1 aromatic carbocycles. The highest BCUT2D eigenvalue weighted by Crippen LogP contribution is 2.15. The Morgan fingerprint density at radius 2 is 2.00 bits per heavy atom. The van der Waals surface area contributed by atoms with Gasteiger partial charge in [0.2, 0.25) is 0 Å². The zero-order valence-corrected chi connectivity index (χ0v) is 13.8. The van der Waals surface area contributed by atoms with Crippen LogP contribution in [0.15, 0.2) is 35.7 Å². The minimum atomic E-state index is -0.798. The summed E-state index contributed by atoms with van der Waals surface area (Å²) < 4.78 is 0. The van der Waals surface area contributed by atoms with Crippen molar-refractivity contribution in [1.29, 1.82) is 0 Å². The van der Waals surface area contributed by atoms with Gasteiger partial charge in [0, 0.05) is 24.4 Å². The molecule has 0 saturated carbocycles. The highest BCUT2D eigenvalue weighted by Gasteiger charge is 2.15. The lowest BCUT2D eigenvalue weighted by Gasteiger charge is -2.23. The molecule has 0 aliphatic carbocycles. The van der Waals surface area contributed by atoms with Crippen LogP contribution in [0.25, 0.3) is 0 Å². The Morgan fingerprint density at radius 1 is 1.27 bits per heavy atom. The number of carbonyl (C=O) groups is 1. The number of thiazole rings is 1. The molecule has 22 heavy (non-hydrogen) atoms. The van der Waals surface area contributed by atoms with Gasteiger partial charge in [-0.15, -0.1) is 11.3 Å². The van der Waals surface area contributed by atoms with Crippen LogP contribution in [0.2, 0.25) is 0 Å². The zero-order valence-electron chi connectivity index (χ0n) is 13.0. The highest BCUT2D eigenvalue weighted by atomic mass is 32.1. The lowest BCUT2D eigenvalue weighted by atomic mass is 10.1. The van der Waals surface area contributed by atoms with Gasteiger partial charge in [-0.2, -0.15) is 0 Å². The maximum atomic E-state index is 10.9. The van der Waals surface area contributed by atoms with Gasteiger partial charge in [-0.25, -0.2) is 4.98 Å². The van der Waals surface area contributed by atoms with E-state index < -0.39 is 5.97 Å². The van der Waals surface area contributed by atoms with Crippen LogP contribution >= 0.6 is 11.3 Å². The normalized spacial score (nSPS) is 11.3. The summed E-state index contributed by atoms with van der Waals surface area (Å²) in [6, 6.07) is 10.6. The molecule has 0 radical (unpaired) electrons. The lowest BCUT2D eigenvalue weighted by molar-refractivity contribution is -0.138. The predicted molar refractivity (Wildman–Crippen MR) is 89.1 cm³/mol. The monoisotopic (exact) mass is 318 g/mol. The molecule has 4 nitrogen and oxygen atoms in total. The topological polar surface area (TPSA) is 53.4 Å². The van der Waals surface area contributed by atoms with Crippen molar-refractivity contribution in [2.24, 2.45) is 0 Å². The Balaban J connectivity index is 1.91. The molecule has 0 amide bonds. The molecule has 0 atom stereocenters. The molecular weight excluding hydrogens is 296 g/mol. The number of benzene rings is 1. The molecule has 0 spiro atoms. The van der Waals surface area contributed by atoms with Crippen LogP contribution in [0.3, 0.4) is 0 Å². The van der Waals surface area contributed by atoms with Crippen LogP contribution in [-0.4, -0.2) is 33.5 Å². The first-order valence-corrected chi connectivity index (χ1v) is 8.35. The molecule has 1 heterocycles. The van der Waals surface area contributed by atoms with Crippen molar-refractivity contribution in [2.45, 2.75) is 39.3 Å². The standard InChI is InChI=1S/C17H22N2O2S/c1-13(2)19(11-17(20)21)10-15-12-22-16(18-15)9-8-14-6-4-3-5-7-14/h3-7,12-13H,8-11H2,1-2H3,(H,20,21). The summed E-state index contributed by atoms with van der Waals surface area (Å²) in [6.45, 7) is 4.65. The average Bonchev–Trinajstić information content (AvgIpc) is 2.92. The van der Waals surface area contributed by atoms with Crippen LogP contribution in [0.4, 0.5) is 0 Å². The smallest absolute Gasteiger partial charge is 0.317 e. The van der Waals surface area contributed by atoms with E-state index in [0.717, 1.165) is 23.5 Å². The Bertz CT molecular complexity index is 596. The number of rotatable bonds is 8. The van der Waals surface area contributed by atoms with Crippen molar-refractivity contribution in [3.8, 4) is 0 Å². The van der Waals surface area contributed by atoms with Crippen LogP contribution in [0.5, 0.6) is 0 Å². The van der Waals surface area contributed by atoms with Gasteiger partial charge in [-0.1, -0.05) is 30.3 Å². The van der Waals surface area contributed by atoms with Gasteiger partial charge < -0.3 is 5.11 Å². The number of aromatic nitrogens is 1. The minimum Gasteiger partial charge on any atom is -0.480 e. The van der Waals surface area contributed by atoms with E-state index in [9.17, 15) is 4.79 Å². The van der Waals surface area contributed by atoms with E-state index in [0.29, 0.717) is 6.54 Å². The summed E-state index contributed by atoms with van der Waals surface area (Å²) in [5, 5.41) is 12.1. The molecule has 0 fully saturated rings. The number of carboxylic acid groups (broad SMARTS) is 1. The molecule has 0 aliphatic heterocycles. The molecule has 5 heteroatoms. The minimum absolute atomic E-state index is 0.0501. The van der Waals surface area contributed by atoms with E-state index in [1.807, 2.05) is 30.2 Å². The van der Waals surface area contributed by atoms with Crippen LogP contribution in [-0.2, 0) is 24.2 Å². The van der Waals surface area contributed by atoms with Crippen molar-refractivity contribution in [2.75, 3.05) is 6.54 Å². The second-order valence-electron chi connectivity index (χ2n) is 5.61. The molecular formula is C17H22N2O2S. The number of hydrogen-bond acceptors (Lipinski definition) is 4. The van der Waals surface area contributed by atoms with Crippen LogP contribution in [0.1, 0.15) is 30.1 Å². The molecule has 118 valence electrons. The maximum absolute atomic E-state index is 10.9.